The summed E-state index contributed by atoms with van der Waals surface area (Å²) in [7, 11) is 0. The van der Waals surface area contributed by atoms with Gasteiger partial charge in [0.05, 0.1) is 6.20 Å². The first-order valence-electron chi connectivity index (χ1n) is 5.55. The predicted molar refractivity (Wildman–Crippen MR) is 57.2 cm³/mol. The number of fused-ring (bicyclic) bond motifs is 1. The molecule has 82 valence electrons. The Morgan fingerprint density at radius 2 is 2.53 bits per heavy atom. The van der Waals surface area contributed by atoms with E-state index >= 15 is 0 Å². The maximum Gasteiger partial charge on any atom is 0.220 e. The van der Waals surface area contributed by atoms with Crippen molar-refractivity contribution >= 4 is 5.91 Å². The number of aryl methyl sites for hydroxylation is 2. The molecule has 1 aliphatic carbocycles. The number of rotatable bonds is 2. The highest BCUT2D eigenvalue weighted by Crippen LogP contribution is 2.24. The normalized spacial score (nSPS) is 20.7. The van der Waals surface area contributed by atoms with E-state index in [1.54, 1.807) is 0 Å². The topological polar surface area (TPSA) is 60.9 Å². The third-order valence-corrected chi connectivity index (χ3v) is 3.18. The van der Waals surface area contributed by atoms with Gasteiger partial charge in [-0.25, -0.2) is 0 Å². The minimum Gasteiger partial charge on any atom is -0.369 e. The minimum absolute atomic E-state index is 0.00625. The number of nitrogens with zero attached hydrogens (tertiary/aromatic N) is 2. The first-order chi connectivity index (χ1) is 7.22. The molecule has 0 saturated carbocycles. The van der Waals surface area contributed by atoms with Crippen molar-refractivity contribution in [2.24, 2.45) is 11.7 Å². The Hall–Kier alpha value is -1.32. The summed E-state index contributed by atoms with van der Waals surface area (Å²) >= 11 is 0. The molecule has 2 rings (SSSR count). The third-order valence-electron chi connectivity index (χ3n) is 3.18. The van der Waals surface area contributed by atoms with E-state index in [9.17, 15) is 4.79 Å². The SMILES string of the molecule is CCn1ncc2c1C[C@H](C(N)=O)CCC2. The molecule has 4 heteroatoms. The Kier molecular flexibility index (Phi) is 2.75. The fourth-order valence-electron chi connectivity index (χ4n) is 2.28. The summed E-state index contributed by atoms with van der Waals surface area (Å²) in [5.74, 6) is -0.181. The van der Waals surface area contributed by atoms with E-state index in [0.717, 1.165) is 32.2 Å². The van der Waals surface area contributed by atoms with Crippen LogP contribution in [0, 0.1) is 5.92 Å². The average Bonchev–Trinajstić information content (AvgIpc) is 2.46. The van der Waals surface area contributed by atoms with Crippen LogP contribution < -0.4 is 5.73 Å². The van der Waals surface area contributed by atoms with Crippen molar-refractivity contribution in [1.29, 1.82) is 0 Å². The number of nitrogens with two attached hydrogens (primary N) is 1. The molecule has 0 spiro atoms. The average molecular weight is 207 g/mol. The molecule has 4 nitrogen and oxygen atoms in total. The van der Waals surface area contributed by atoms with Gasteiger partial charge in [-0.1, -0.05) is 0 Å². The van der Waals surface area contributed by atoms with Crippen LogP contribution >= 0.6 is 0 Å². The molecule has 1 atom stereocenters. The molecule has 1 amide bonds. The fraction of sp³-hybridized carbons (Fsp3) is 0.636. The molecule has 15 heavy (non-hydrogen) atoms. The third kappa shape index (κ3) is 1.89. The van der Waals surface area contributed by atoms with Gasteiger partial charge in [0.2, 0.25) is 5.91 Å². The molecule has 0 unspecified atom stereocenters. The van der Waals surface area contributed by atoms with Crippen LogP contribution in [0.3, 0.4) is 0 Å². The smallest absolute Gasteiger partial charge is 0.220 e. The van der Waals surface area contributed by atoms with E-state index in [2.05, 4.69) is 12.0 Å². The summed E-state index contributed by atoms with van der Waals surface area (Å²) in [6.07, 6.45) is 5.67. The largest absolute Gasteiger partial charge is 0.369 e. The Balaban J connectivity index is 2.29. The van der Waals surface area contributed by atoms with Crippen LogP contribution in [0.2, 0.25) is 0 Å². The second kappa shape index (κ2) is 4.04. The number of aromatic nitrogens is 2. The van der Waals surface area contributed by atoms with Crippen molar-refractivity contribution in [3.8, 4) is 0 Å². The predicted octanol–water partition coefficient (Wildman–Crippen LogP) is 0.883. The number of carbonyl (C=O) groups is 1. The maximum atomic E-state index is 11.2. The molecule has 0 saturated heterocycles. The lowest BCUT2D eigenvalue weighted by Gasteiger charge is -2.11. The van der Waals surface area contributed by atoms with Crippen LogP contribution in [0.25, 0.3) is 0 Å². The number of hydrogen-bond acceptors (Lipinski definition) is 2. The van der Waals surface area contributed by atoms with Gasteiger partial charge in [-0.15, -0.1) is 0 Å². The summed E-state index contributed by atoms with van der Waals surface area (Å²) in [5.41, 5.74) is 7.88. The van der Waals surface area contributed by atoms with Gasteiger partial charge in [0, 0.05) is 24.6 Å². The monoisotopic (exact) mass is 207 g/mol. The lowest BCUT2D eigenvalue weighted by atomic mass is 9.99. The van der Waals surface area contributed by atoms with Crippen molar-refractivity contribution in [2.75, 3.05) is 0 Å². The molecule has 0 aromatic carbocycles. The van der Waals surface area contributed by atoms with Gasteiger partial charge in [0.25, 0.3) is 0 Å². The molecule has 1 aromatic heterocycles. The maximum absolute atomic E-state index is 11.2. The highest BCUT2D eigenvalue weighted by Gasteiger charge is 2.23. The zero-order valence-corrected chi connectivity index (χ0v) is 9.07. The van der Waals surface area contributed by atoms with Gasteiger partial charge in [-0.2, -0.15) is 5.10 Å². The van der Waals surface area contributed by atoms with E-state index in [1.165, 1.54) is 11.3 Å². The zero-order valence-electron chi connectivity index (χ0n) is 9.07. The number of primary amides is 1. The van der Waals surface area contributed by atoms with Gasteiger partial charge in [0.15, 0.2) is 0 Å². The van der Waals surface area contributed by atoms with Crippen molar-refractivity contribution in [1.82, 2.24) is 9.78 Å². The second-order valence-corrected chi connectivity index (χ2v) is 4.13. The molecular formula is C11H17N3O. The van der Waals surface area contributed by atoms with Gasteiger partial charge in [-0.3, -0.25) is 9.48 Å². The minimum atomic E-state index is -0.174. The van der Waals surface area contributed by atoms with E-state index in [0.29, 0.717) is 0 Å². The molecule has 2 N–H and O–H groups in total. The van der Waals surface area contributed by atoms with Crippen molar-refractivity contribution in [2.45, 2.75) is 39.2 Å². The molecule has 1 aromatic rings. The van der Waals surface area contributed by atoms with Crippen molar-refractivity contribution in [3.05, 3.63) is 17.5 Å². The Morgan fingerprint density at radius 1 is 1.73 bits per heavy atom. The fourth-order valence-corrected chi connectivity index (χ4v) is 2.28. The van der Waals surface area contributed by atoms with Gasteiger partial charge >= 0.3 is 0 Å². The van der Waals surface area contributed by atoms with Crippen LogP contribution in [0.5, 0.6) is 0 Å². The summed E-state index contributed by atoms with van der Waals surface area (Å²) in [5, 5.41) is 4.32. The summed E-state index contributed by atoms with van der Waals surface area (Å²) in [4.78, 5) is 11.2. The highest BCUT2D eigenvalue weighted by molar-refractivity contribution is 5.77. The highest BCUT2D eigenvalue weighted by atomic mass is 16.1. The number of hydrogen-bond donors (Lipinski definition) is 1. The molecule has 1 aliphatic rings. The molecular weight excluding hydrogens is 190 g/mol. The zero-order chi connectivity index (χ0) is 10.8. The molecule has 0 aliphatic heterocycles. The second-order valence-electron chi connectivity index (χ2n) is 4.13. The Morgan fingerprint density at radius 3 is 3.20 bits per heavy atom. The van der Waals surface area contributed by atoms with Crippen LogP contribution in [0.4, 0.5) is 0 Å². The molecule has 0 bridgehead atoms. The van der Waals surface area contributed by atoms with Crippen molar-refractivity contribution < 1.29 is 4.79 Å². The van der Waals surface area contributed by atoms with Gasteiger partial charge in [-0.05, 0) is 31.7 Å². The Labute approximate surface area is 89.5 Å². The molecule has 0 fully saturated rings. The number of amides is 1. The van der Waals surface area contributed by atoms with Crippen LogP contribution in [-0.4, -0.2) is 15.7 Å². The quantitative estimate of drug-likeness (QED) is 0.732. The van der Waals surface area contributed by atoms with Crippen LogP contribution in [0.1, 0.15) is 31.0 Å². The van der Waals surface area contributed by atoms with Crippen LogP contribution in [-0.2, 0) is 24.2 Å². The van der Waals surface area contributed by atoms with Crippen LogP contribution in [0.15, 0.2) is 6.20 Å². The number of carbonyl (C=O) groups excluding carboxylic acids is 1. The summed E-state index contributed by atoms with van der Waals surface area (Å²) in [6.45, 7) is 2.93. The van der Waals surface area contributed by atoms with E-state index in [1.807, 2.05) is 10.9 Å². The van der Waals surface area contributed by atoms with E-state index in [-0.39, 0.29) is 11.8 Å². The first kappa shape index (κ1) is 10.2. The summed E-state index contributed by atoms with van der Waals surface area (Å²) in [6, 6.07) is 0. The standard InChI is InChI=1S/C11H17N3O/c1-2-14-10-6-8(11(12)15)4-3-5-9(10)7-13-14/h7-8H,2-6H2,1H3,(H2,12,15)/t8-/m1/s1. The Bertz CT molecular complexity index is 370. The summed E-state index contributed by atoms with van der Waals surface area (Å²) < 4.78 is 1.98. The molecule has 0 radical (unpaired) electrons. The lowest BCUT2D eigenvalue weighted by molar-refractivity contribution is -0.122. The van der Waals surface area contributed by atoms with Gasteiger partial charge in [0.1, 0.15) is 0 Å². The first-order valence-corrected chi connectivity index (χ1v) is 5.55. The van der Waals surface area contributed by atoms with Gasteiger partial charge < -0.3 is 5.73 Å². The van der Waals surface area contributed by atoms with E-state index in [4.69, 9.17) is 5.73 Å². The molecule has 1 heterocycles. The van der Waals surface area contributed by atoms with E-state index < -0.39 is 0 Å². The lowest BCUT2D eigenvalue weighted by Crippen LogP contribution is -2.25. The van der Waals surface area contributed by atoms with Crippen molar-refractivity contribution in [3.63, 3.8) is 0 Å².